The van der Waals surface area contributed by atoms with E-state index >= 15 is 0 Å². The predicted octanol–water partition coefficient (Wildman–Crippen LogP) is 0.529. The quantitative estimate of drug-likeness (QED) is 0.813. The molecule has 0 spiro atoms. The number of hydrogen-bond donors (Lipinski definition) is 0. The fourth-order valence-corrected chi connectivity index (χ4v) is 3.32. The minimum Gasteiger partial charge on any atom is -0.339 e. The van der Waals surface area contributed by atoms with Crippen LogP contribution in [0.5, 0.6) is 0 Å². The topological polar surface area (TPSA) is 71.3 Å². The molecule has 22 heavy (non-hydrogen) atoms. The van der Waals surface area contributed by atoms with Crippen LogP contribution in [-0.4, -0.2) is 62.6 Å². The molecule has 120 valence electrons. The molecular weight excluding hydrogens is 282 g/mol. The predicted molar refractivity (Wildman–Crippen MR) is 79.8 cm³/mol. The molecule has 1 aromatic heterocycles. The first-order valence-electron chi connectivity index (χ1n) is 8.13. The maximum Gasteiger partial charge on any atom is 0.225 e. The van der Waals surface area contributed by atoms with Crippen molar-refractivity contribution in [2.45, 2.75) is 38.6 Å². The number of rotatable bonds is 4. The van der Waals surface area contributed by atoms with Crippen LogP contribution in [0, 0.1) is 5.92 Å². The van der Waals surface area contributed by atoms with Crippen molar-refractivity contribution in [3.63, 3.8) is 0 Å². The third-order valence-corrected chi connectivity index (χ3v) is 4.67. The second kappa shape index (κ2) is 6.89. The second-order valence-electron chi connectivity index (χ2n) is 6.10. The second-order valence-corrected chi connectivity index (χ2v) is 6.10. The van der Waals surface area contributed by atoms with Gasteiger partial charge in [0.05, 0.1) is 6.54 Å². The molecule has 0 N–H and O–H groups in total. The minimum absolute atomic E-state index is 0.128. The SMILES string of the molecule is O=C(CCn1cncn1)N1CCN(C(=O)C2CCCC2)CC1. The van der Waals surface area contributed by atoms with Crippen LogP contribution >= 0.6 is 0 Å². The molecule has 1 saturated heterocycles. The van der Waals surface area contributed by atoms with Crippen LogP contribution in [0.15, 0.2) is 12.7 Å². The first-order valence-corrected chi connectivity index (χ1v) is 8.13. The van der Waals surface area contributed by atoms with Crippen LogP contribution in [0.25, 0.3) is 0 Å². The highest BCUT2D eigenvalue weighted by Crippen LogP contribution is 2.26. The Morgan fingerprint density at radius 1 is 1.05 bits per heavy atom. The van der Waals surface area contributed by atoms with Crippen molar-refractivity contribution in [3.05, 3.63) is 12.7 Å². The molecule has 0 aromatic carbocycles. The number of amides is 2. The number of aryl methyl sites for hydroxylation is 1. The summed E-state index contributed by atoms with van der Waals surface area (Å²) in [7, 11) is 0. The number of carbonyl (C=O) groups excluding carboxylic acids is 2. The van der Waals surface area contributed by atoms with Crippen LogP contribution in [0.2, 0.25) is 0 Å². The molecular formula is C15H23N5O2. The average Bonchev–Trinajstić information content (AvgIpc) is 3.25. The molecule has 2 fully saturated rings. The monoisotopic (exact) mass is 305 g/mol. The highest BCUT2D eigenvalue weighted by molar-refractivity contribution is 5.80. The summed E-state index contributed by atoms with van der Waals surface area (Å²) in [6.07, 6.45) is 7.95. The molecule has 2 aliphatic rings. The summed E-state index contributed by atoms with van der Waals surface area (Å²) in [5.41, 5.74) is 0. The first kappa shape index (κ1) is 15.0. The van der Waals surface area contributed by atoms with Crippen LogP contribution in [0.4, 0.5) is 0 Å². The lowest BCUT2D eigenvalue weighted by Gasteiger charge is -2.36. The van der Waals surface area contributed by atoms with Crippen molar-refractivity contribution >= 4 is 11.8 Å². The van der Waals surface area contributed by atoms with Crippen molar-refractivity contribution in [1.82, 2.24) is 24.6 Å². The van der Waals surface area contributed by atoms with Gasteiger partial charge in [-0.15, -0.1) is 0 Å². The van der Waals surface area contributed by atoms with Gasteiger partial charge in [-0.2, -0.15) is 5.10 Å². The molecule has 2 amide bonds. The van der Waals surface area contributed by atoms with Crippen LogP contribution in [-0.2, 0) is 16.1 Å². The van der Waals surface area contributed by atoms with E-state index in [-0.39, 0.29) is 11.8 Å². The minimum atomic E-state index is 0.128. The number of nitrogens with zero attached hydrogens (tertiary/aromatic N) is 5. The molecule has 3 rings (SSSR count). The van der Waals surface area contributed by atoms with Gasteiger partial charge >= 0.3 is 0 Å². The van der Waals surface area contributed by atoms with E-state index in [0.717, 1.165) is 12.8 Å². The molecule has 0 bridgehead atoms. The van der Waals surface area contributed by atoms with Crippen LogP contribution in [0.1, 0.15) is 32.1 Å². The molecule has 0 atom stereocenters. The molecule has 2 heterocycles. The lowest BCUT2D eigenvalue weighted by molar-refractivity contribution is -0.142. The van der Waals surface area contributed by atoms with E-state index in [4.69, 9.17) is 0 Å². The summed E-state index contributed by atoms with van der Waals surface area (Å²) in [5, 5.41) is 3.99. The Morgan fingerprint density at radius 3 is 2.36 bits per heavy atom. The van der Waals surface area contributed by atoms with E-state index in [0.29, 0.717) is 45.1 Å². The van der Waals surface area contributed by atoms with Gasteiger partial charge in [0.25, 0.3) is 0 Å². The number of piperazine rings is 1. The standard InChI is InChI=1S/C15H23N5O2/c21-14(5-6-20-12-16-11-17-20)18-7-9-19(10-8-18)15(22)13-3-1-2-4-13/h11-13H,1-10H2. The zero-order valence-corrected chi connectivity index (χ0v) is 12.9. The fraction of sp³-hybridized carbons (Fsp3) is 0.733. The van der Waals surface area contributed by atoms with Crippen molar-refractivity contribution in [2.75, 3.05) is 26.2 Å². The van der Waals surface area contributed by atoms with E-state index < -0.39 is 0 Å². The molecule has 1 aliphatic carbocycles. The van der Waals surface area contributed by atoms with E-state index in [9.17, 15) is 9.59 Å². The van der Waals surface area contributed by atoms with E-state index in [1.54, 1.807) is 11.0 Å². The van der Waals surface area contributed by atoms with Gasteiger partial charge < -0.3 is 9.80 Å². The van der Waals surface area contributed by atoms with E-state index in [1.807, 2.05) is 9.80 Å². The third-order valence-electron chi connectivity index (χ3n) is 4.67. The van der Waals surface area contributed by atoms with Gasteiger partial charge in [0.15, 0.2) is 0 Å². The van der Waals surface area contributed by atoms with Crippen molar-refractivity contribution in [1.29, 1.82) is 0 Å². The summed E-state index contributed by atoms with van der Waals surface area (Å²) < 4.78 is 1.66. The van der Waals surface area contributed by atoms with Gasteiger partial charge in [-0.25, -0.2) is 4.98 Å². The number of hydrogen-bond acceptors (Lipinski definition) is 4. The number of carbonyl (C=O) groups is 2. The van der Waals surface area contributed by atoms with Crippen LogP contribution in [0.3, 0.4) is 0 Å². The molecule has 1 aromatic rings. The Hall–Kier alpha value is -1.92. The maximum absolute atomic E-state index is 12.4. The molecule has 0 radical (unpaired) electrons. The summed E-state index contributed by atoms with van der Waals surface area (Å²) in [5.74, 6) is 0.658. The van der Waals surface area contributed by atoms with Gasteiger partial charge in [0.1, 0.15) is 12.7 Å². The fourth-order valence-electron chi connectivity index (χ4n) is 3.32. The zero-order chi connectivity index (χ0) is 15.4. The lowest BCUT2D eigenvalue weighted by Crippen LogP contribution is -2.51. The largest absolute Gasteiger partial charge is 0.339 e. The summed E-state index contributed by atoms with van der Waals surface area (Å²) in [6.45, 7) is 3.19. The first-order chi connectivity index (χ1) is 10.7. The Kier molecular flexibility index (Phi) is 4.70. The van der Waals surface area contributed by atoms with Gasteiger partial charge in [-0.3, -0.25) is 14.3 Å². The van der Waals surface area contributed by atoms with Gasteiger partial charge in [0, 0.05) is 38.5 Å². The smallest absolute Gasteiger partial charge is 0.225 e. The lowest BCUT2D eigenvalue weighted by atomic mass is 10.1. The maximum atomic E-state index is 12.4. The summed E-state index contributed by atoms with van der Waals surface area (Å²) in [4.78, 5) is 32.2. The van der Waals surface area contributed by atoms with Gasteiger partial charge in [0.2, 0.25) is 11.8 Å². The van der Waals surface area contributed by atoms with Gasteiger partial charge in [-0.1, -0.05) is 12.8 Å². The van der Waals surface area contributed by atoms with Crippen molar-refractivity contribution in [3.8, 4) is 0 Å². The van der Waals surface area contributed by atoms with Gasteiger partial charge in [-0.05, 0) is 12.8 Å². The Bertz CT molecular complexity index is 502. The normalized spacial score (nSPS) is 19.6. The average molecular weight is 305 g/mol. The molecule has 7 heteroatoms. The van der Waals surface area contributed by atoms with Crippen molar-refractivity contribution < 1.29 is 9.59 Å². The molecule has 0 unspecified atom stereocenters. The highest BCUT2D eigenvalue weighted by Gasteiger charge is 2.30. The Balaban J connectivity index is 1.42. The molecule has 1 aliphatic heterocycles. The summed E-state index contributed by atoms with van der Waals surface area (Å²) in [6, 6.07) is 0. The number of aromatic nitrogens is 3. The van der Waals surface area contributed by atoms with E-state index in [1.165, 1.54) is 19.2 Å². The van der Waals surface area contributed by atoms with Crippen molar-refractivity contribution in [2.24, 2.45) is 5.92 Å². The third kappa shape index (κ3) is 3.45. The zero-order valence-electron chi connectivity index (χ0n) is 12.9. The molecule has 7 nitrogen and oxygen atoms in total. The highest BCUT2D eigenvalue weighted by atomic mass is 16.2. The van der Waals surface area contributed by atoms with E-state index in [2.05, 4.69) is 10.1 Å². The summed E-state index contributed by atoms with van der Waals surface area (Å²) >= 11 is 0. The molecule has 1 saturated carbocycles. The van der Waals surface area contributed by atoms with Crippen LogP contribution < -0.4 is 0 Å². The Morgan fingerprint density at radius 2 is 1.73 bits per heavy atom. The Labute approximate surface area is 130 Å².